The monoisotopic (exact) mass is 314 g/mol. The number of rotatable bonds is 6. The number of aromatic nitrogens is 2. The average molecular weight is 314 g/mol. The van der Waals surface area contributed by atoms with Crippen LogP contribution in [0.5, 0.6) is 0 Å². The van der Waals surface area contributed by atoms with Gasteiger partial charge in [0.05, 0.1) is 0 Å². The molecule has 0 aliphatic heterocycles. The van der Waals surface area contributed by atoms with Gasteiger partial charge in [-0.3, -0.25) is 14.2 Å². The lowest BCUT2D eigenvalue weighted by atomic mass is 10.2. The molecule has 2 heterocycles. The fourth-order valence-electron chi connectivity index (χ4n) is 2.18. The summed E-state index contributed by atoms with van der Waals surface area (Å²) >= 11 is 0. The molecule has 2 atom stereocenters. The van der Waals surface area contributed by atoms with Gasteiger partial charge in [-0.1, -0.05) is 19.9 Å². The number of hydrogen-bond acceptors (Lipinski definition) is 4. The summed E-state index contributed by atoms with van der Waals surface area (Å²) in [6, 6.07) is 4.25. The number of aliphatic imine (C=N–C) groups is 1. The summed E-state index contributed by atoms with van der Waals surface area (Å²) in [4.78, 5) is 22.0. The molecule has 124 valence electrons. The van der Waals surface area contributed by atoms with Crippen molar-refractivity contribution in [3.8, 4) is 0 Å². The zero-order valence-electron chi connectivity index (χ0n) is 14.6. The fraction of sp³-hybridized carbons (Fsp3) is 0.500. The Labute approximate surface area is 137 Å². The molecule has 0 radical (unpaired) electrons. The molecule has 0 aromatic carbocycles. The van der Waals surface area contributed by atoms with Crippen LogP contribution < -0.4 is 10.9 Å². The van der Waals surface area contributed by atoms with Gasteiger partial charge in [-0.25, -0.2) is 4.98 Å². The van der Waals surface area contributed by atoms with E-state index in [4.69, 9.17) is 0 Å². The number of pyridine rings is 1. The minimum atomic E-state index is -0.0865. The van der Waals surface area contributed by atoms with Gasteiger partial charge in [0.1, 0.15) is 17.0 Å². The minimum Gasteiger partial charge on any atom is -0.367 e. The summed E-state index contributed by atoms with van der Waals surface area (Å²) in [5, 5.41) is 3.35. The highest BCUT2D eigenvalue weighted by atomic mass is 16.1. The zero-order chi connectivity index (χ0) is 17.0. The van der Waals surface area contributed by atoms with Crippen LogP contribution in [0.15, 0.2) is 28.1 Å². The van der Waals surface area contributed by atoms with Crippen LogP contribution in [0, 0.1) is 6.92 Å². The molecule has 1 N–H and O–H groups in total. The van der Waals surface area contributed by atoms with Gasteiger partial charge in [0, 0.05) is 24.5 Å². The average Bonchev–Trinajstić information content (AvgIpc) is 2.55. The summed E-state index contributed by atoms with van der Waals surface area (Å²) in [7, 11) is 0. The van der Waals surface area contributed by atoms with Gasteiger partial charge >= 0.3 is 0 Å². The van der Waals surface area contributed by atoms with Gasteiger partial charge in [0.25, 0.3) is 5.56 Å². The number of nitrogens with one attached hydrogen (secondary N) is 1. The first kappa shape index (κ1) is 17.2. The molecule has 5 nitrogen and oxygen atoms in total. The van der Waals surface area contributed by atoms with E-state index in [-0.39, 0.29) is 17.6 Å². The van der Waals surface area contributed by atoms with Gasteiger partial charge < -0.3 is 5.32 Å². The molecule has 0 saturated heterocycles. The molecule has 0 amide bonds. The molecule has 0 bridgehead atoms. The largest absolute Gasteiger partial charge is 0.367 e. The summed E-state index contributed by atoms with van der Waals surface area (Å²) in [5.41, 5.74) is 2.09. The Kier molecular flexibility index (Phi) is 5.53. The van der Waals surface area contributed by atoms with Crippen molar-refractivity contribution >= 4 is 17.7 Å². The normalized spacial score (nSPS) is 14.3. The van der Waals surface area contributed by atoms with Crippen molar-refractivity contribution in [3.63, 3.8) is 0 Å². The van der Waals surface area contributed by atoms with E-state index in [0.717, 1.165) is 18.4 Å². The van der Waals surface area contributed by atoms with Gasteiger partial charge in [0.15, 0.2) is 0 Å². The Bertz CT molecular complexity index is 763. The maximum absolute atomic E-state index is 12.9. The first-order chi connectivity index (χ1) is 11.0. The van der Waals surface area contributed by atoms with Gasteiger partial charge in [0.2, 0.25) is 0 Å². The standard InChI is InChI=1S/C18H26N4O/c1-6-13(4)19-11-15-16(20-14(5)7-2)21-17-12(3)9-8-10-22(17)18(15)23/h8-11,13-14,20H,6-7H2,1-5H3/t13-,14+/m0/s1. The van der Waals surface area contributed by atoms with Crippen molar-refractivity contribution in [2.24, 2.45) is 4.99 Å². The fourth-order valence-corrected chi connectivity index (χ4v) is 2.18. The molecule has 2 aromatic rings. The van der Waals surface area contributed by atoms with Crippen molar-refractivity contribution in [1.29, 1.82) is 0 Å². The number of fused-ring (bicyclic) bond motifs is 1. The molecule has 0 spiro atoms. The Morgan fingerprint density at radius 2 is 2.09 bits per heavy atom. The lowest BCUT2D eigenvalue weighted by Gasteiger charge is -2.15. The summed E-state index contributed by atoms with van der Waals surface area (Å²) in [6.07, 6.45) is 5.32. The van der Waals surface area contributed by atoms with E-state index in [1.54, 1.807) is 16.8 Å². The maximum Gasteiger partial charge on any atom is 0.268 e. The minimum absolute atomic E-state index is 0.0865. The van der Waals surface area contributed by atoms with E-state index in [9.17, 15) is 4.79 Å². The van der Waals surface area contributed by atoms with Crippen LogP contribution in [0.4, 0.5) is 5.82 Å². The number of aryl methyl sites for hydroxylation is 1. The second-order valence-corrected chi connectivity index (χ2v) is 6.05. The smallest absolute Gasteiger partial charge is 0.268 e. The third kappa shape index (κ3) is 3.78. The van der Waals surface area contributed by atoms with Crippen molar-refractivity contribution in [2.75, 3.05) is 5.32 Å². The number of nitrogens with zero attached hydrogens (tertiary/aromatic N) is 3. The first-order valence-electron chi connectivity index (χ1n) is 8.29. The Balaban J connectivity index is 2.65. The lowest BCUT2D eigenvalue weighted by Crippen LogP contribution is -2.25. The Hall–Kier alpha value is -2.17. The Morgan fingerprint density at radius 3 is 2.74 bits per heavy atom. The molecule has 0 saturated carbocycles. The van der Waals surface area contributed by atoms with Crippen LogP contribution in [0.25, 0.3) is 5.65 Å². The highest BCUT2D eigenvalue weighted by Gasteiger charge is 2.14. The van der Waals surface area contributed by atoms with Crippen molar-refractivity contribution in [1.82, 2.24) is 9.38 Å². The molecule has 23 heavy (non-hydrogen) atoms. The first-order valence-corrected chi connectivity index (χ1v) is 8.29. The van der Waals surface area contributed by atoms with Crippen LogP contribution in [-0.2, 0) is 0 Å². The predicted octanol–water partition coefficient (Wildman–Crippen LogP) is 3.43. The molecule has 0 aliphatic carbocycles. The van der Waals surface area contributed by atoms with E-state index in [1.807, 2.05) is 26.0 Å². The molecular formula is C18H26N4O. The quantitative estimate of drug-likeness (QED) is 0.831. The van der Waals surface area contributed by atoms with Gasteiger partial charge in [-0.05, 0) is 45.2 Å². The second kappa shape index (κ2) is 7.40. The van der Waals surface area contributed by atoms with Crippen LogP contribution in [0.2, 0.25) is 0 Å². The molecule has 2 rings (SSSR count). The summed E-state index contributed by atoms with van der Waals surface area (Å²) in [6.45, 7) is 10.3. The van der Waals surface area contributed by atoms with Crippen LogP contribution >= 0.6 is 0 Å². The maximum atomic E-state index is 12.9. The lowest BCUT2D eigenvalue weighted by molar-refractivity contribution is 0.720. The van der Waals surface area contributed by atoms with Crippen molar-refractivity contribution in [2.45, 2.75) is 59.5 Å². The van der Waals surface area contributed by atoms with Gasteiger partial charge in [-0.2, -0.15) is 0 Å². The SMILES string of the molecule is CC[C@@H](C)Nc1nc2c(C)cccn2c(=O)c1C=N[C@@H](C)CC. The number of hydrogen-bond donors (Lipinski definition) is 1. The molecular weight excluding hydrogens is 288 g/mol. The predicted molar refractivity (Wildman–Crippen MR) is 96.9 cm³/mol. The van der Waals surface area contributed by atoms with E-state index in [1.165, 1.54) is 0 Å². The molecule has 5 heteroatoms. The van der Waals surface area contributed by atoms with Gasteiger partial charge in [-0.15, -0.1) is 0 Å². The van der Waals surface area contributed by atoms with E-state index >= 15 is 0 Å². The third-order valence-corrected chi connectivity index (χ3v) is 4.13. The molecule has 0 unspecified atom stereocenters. The van der Waals surface area contributed by atoms with E-state index < -0.39 is 0 Å². The van der Waals surface area contributed by atoms with E-state index in [2.05, 4.69) is 36.1 Å². The topological polar surface area (TPSA) is 58.8 Å². The second-order valence-electron chi connectivity index (χ2n) is 6.05. The number of anilines is 1. The van der Waals surface area contributed by atoms with Crippen molar-refractivity contribution < 1.29 is 0 Å². The molecule has 0 aliphatic rings. The summed E-state index contributed by atoms with van der Waals surface area (Å²) < 4.78 is 1.59. The molecule has 2 aromatic heterocycles. The Morgan fingerprint density at radius 1 is 1.35 bits per heavy atom. The highest BCUT2D eigenvalue weighted by molar-refractivity contribution is 5.86. The zero-order valence-corrected chi connectivity index (χ0v) is 14.6. The highest BCUT2D eigenvalue weighted by Crippen LogP contribution is 2.14. The van der Waals surface area contributed by atoms with Crippen LogP contribution in [0.1, 0.15) is 51.7 Å². The van der Waals surface area contributed by atoms with E-state index in [0.29, 0.717) is 17.0 Å². The summed E-state index contributed by atoms with van der Waals surface area (Å²) in [5.74, 6) is 0.616. The van der Waals surface area contributed by atoms with Crippen molar-refractivity contribution in [3.05, 3.63) is 39.8 Å². The molecule has 0 fully saturated rings. The van der Waals surface area contributed by atoms with Crippen LogP contribution in [0.3, 0.4) is 0 Å². The third-order valence-electron chi connectivity index (χ3n) is 4.13. The van der Waals surface area contributed by atoms with Crippen LogP contribution in [-0.4, -0.2) is 27.7 Å².